The van der Waals surface area contributed by atoms with Gasteiger partial charge < -0.3 is 15.3 Å². The molecule has 2 N–H and O–H groups in total. The van der Waals surface area contributed by atoms with E-state index in [9.17, 15) is 18.0 Å². The average Bonchev–Trinajstić information content (AvgIpc) is 2.73. The molecule has 0 aromatic heterocycles. The number of carboxylic acids is 1. The van der Waals surface area contributed by atoms with Crippen LogP contribution in [0.5, 0.6) is 0 Å². The minimum Gasteiger partial charge on any atom is -0.481 e. The highest BCUT2D eigenvalue weighted by molar-refractivity contribution is 7.91. The summed E-state index contributed by atoms with van der Waals surface area (Å²) in [4.78, 5) is 24.0. The Labute approximate surface area is 139 Å². The maximum Gasteiger partial charge on any atom is 0.317 e. The molecule has 0 radical (unpaired) electrons. The van der Waals surface area contributed by atoms with E-state index in [2.05, 4.69) is 5.32 Å². The van der Waals surface area contributed by atoms with Gasteiger partial charge in [0, 0.05) is 25.0 Å². The van der Waals surface area contributed by atoms with E-state index < -0.39 is 27.9 Å². The van der Waals surface area contributed by atoms with Gasteiger partial charge in [-0.2, -0.15) is 0 Å². The molecular formula is C14H17ClN2O5S. The first kappa shape index (κ1) is 17.6. The highest BCUT2D eigenvalue weighted by atomic mass is 35.5. The lowest BCUT2D eigenvalue weighted by Crippen LogP contribution is -2.40. The number of rotatable bonds is 5. The zero-order valence-corrected chi connectivity index (χ0v) is 14.0. The van der Waals surface area contributed by atoms with E-state index in [-0.39, 0.29) is 23.6 Å². The van der Waals surface area contributed by atoms with Crippen molar-refractivity contribution in [1.82, 2.24) is 10.2 Å². The number of carbonyl (C=O) groups is 2. The lowest BCUT2D eigenvalue weighted by atomic mass is 10.1. The van der Waals surface area contributed by atoms with Gasteiger partial charge >= 0.3 is 12.0 Å². The summed E-state index contributed by atoms with van der Waals surface area (Å²) in [6.45, 7) is 0.206. The molecule has 2 rings (SSSR count). The number of aliphatic carboxylic acids is 1. The number of carboxylic acid groups (broad SMARTS) is 1. The third-order valence-corrected chi connectivity index (χ3v) is 5.71. The summed E-state index contributed by atoms with van der Waals surface area (Å²) < 4.78 is 24.3. The van der Waals surface area contributed by atoms with Crippen molar-refractivity contribution in [1.29, 1.82) is 0 Å². The number of sulfone groups is 1. The molecule has 0 saturated heterocycles. The number of amides is 2. The fourth-order valence-electron chi connectivity index (χ4n) is 2.47. The van der Waals surface area contributed by atoms with Crippen LogP contribution in [0, 0.1) is 0 Å². The molecule has 0 spiro atoms. The number of hydrogen-bond donors (Lipinski definition) is 2. The second-order valence-corrected chi connectivity index (χ2v) is 7.76. The molecule has 1 atom stereocenters. The molecule has 0 aliphatic carbocycles. The van der Waals surface area contributed by atoms with Gasteiger partial charge in [0.2, 0.25) is 0 Å². The Balaban J connectivity index is 2.09. The Hall–Kier alpha value is -1.80. The smallest absolute Gasteiger partial charge is 0.317 e. The van der Waals surface area contributed by atoms with E-state index in [4.69, 9.17) is 16.7 Å². The summed E-state index contributed by atoms with van der Waals surface area (Å²) >= 11 is 5.93. The zero-order chi connectivity index (χ0) is 17.2. The quantitative estimate of drug-likeness (QED) is 0.777. The Morgan fingerprint density at radius 1 is 1.43 bits per heavy atom. The van der Waals surface area contributed by atoms with Gasteiger partial charge in [-0.1, -0.05) is 11.6 Å². The van der Waals surface area contributed by atoms with Crippen molar-refractivity contribution in [3.63, 3.8) is 0 Å². The van der Waals surface area contributed by atoms with Crippen molar-refractivity contribution in [2.45, 2.75) is 23.8 Å². The minimum absolute atomic E-state index is 0.0414. The minimum atomic E-state index is -3.44. The number of nitrogens with one attached hydrogen (secondary N) is 1. The maximum atomic E-state index is 12.2. The van der Waals surface area contributed by atoms with Crippen LogP contribution in [0.3, 0.4) is 0 Å². The van der Waals surface area contributed by atoms with Gasteiger partial charge in [-0.05, 0) is 30.2 Å². The second kappa shape index (κ2) is 6.76. The number of halogens is 1. The predicted molar refractivity (Wildman–Crippen MR) is 84.3 cm³/mol. The van der Waals surface area contributed by atoms with Crippen LogP contribution in [-0.4, -0.2) is 49.8 Å². The van der Waals surface area contributed by atoms with Crippen LogP contribution in [0.1, 0.15) is 24.4 Å². The molecule has 1 aromatic carbocycles. The normalized spacial score (nSPS) is 18.3. The first-order valence-corrected chi connectivity index (χ1v) is 9.00. The molecule has 1 aliphatic heterocycles. The van der Waals surface area contributed by atoms with Crippen LogP contribution in [-0.2, 0) is 14.6 Å². The molecule has 0 fully saturated rings. The molecule has 126 valence electrons. The first-order valence-electron chi connectivity index (χ1n) is 6.97. The zero-order valence-electron chi connectivity index (χ0n) is 12.5. The Bertz CT molecular complexity index is 735. The van der Waals surface area contributed by atoms with Crippen LogP contribution in [0.2, 0.25) is 5.02 Å². The van der Waals surface area contributed by atoms with E-state index in [0.717, 1.165) is 0 Å². The Kier molecular flexibility index (Phi) is 5.16. The number of urea groups is 1. The summed E-state index contributed by atoms with van der Waals surface area (Å²) in [6, 6.07) is 3.44. The van der Waals surface area contributed by atoms with Crippen LogP contribution < -0.4 is 5.32 Å². The predicted octanol–water partition coefficient (Wildman–Crippen LogP) is 1.67. The standard InChI is InChI=1S/C14H17ClN2O5S/c1-17(14(20)16-6-2-3-13(18)19)11-8-23(21,22)12-5-4-9(15)7-10(11)12/h4-5,7,11H,2-3,6,8H2,1H3,(H,16,20)(H,18,19). The lowest BCUT2D eigenvalue weighted by molar-refractivity contribution is -0.137. The fraction of sp³-hybridized carbons (Fsp3) is 0.429. The number of fused-ring (bicyclic) bond motifs is 1. The van der Waals surface area contributed by atoms with Crippen LogP contribution in [0.15, 0.2) is 23.1 Å². The van der Waals surface area contributed by atoms with Gasteiger partial charge in [0.1, 0.15) is 0 Å². The summed E-state index contributed by atoms with van der Waals surface area (Å²) in [5, 5.41) is 11.5. The van der Waals surface area contributed by atoms with Gasteiger partial charge in [-0.3, -0.25) is 4.79 Å². The first-order chi connectivity index (χ1) is 10.7. The Morgan fingerprint density at radius 2 is 2.13 bits per heavy atom. The number of nitrogens with zero attached hydrogens (tertiary/aromatic N) is 1. The number of carbonyl (C=O) groups excluding carboxylic acids is 1. The van der Waals surface area contributed by atoms with E-state index in [1.807, 2.05) is 0 Å². The second-order valence-electron chi connectivity index (χ2n) is 5.32. The highest BCUT2D eigenvalue weighted by Gasteiger charge is 2.38. The van der Waals surface area contributed by atoms with Gasteiger partial charge in [-0.15, -0.1) is 0 Å². The topological polar surface area (TPSA) is 104 Å². The summed E-state index contributed by atoms with van der Waals surface area (Å²) in [7, 11) is -1.94. The van der Waals surface area contributed by atoms with E-state index in [1.54, 1.807) is 6.07 Å². The van der Waals surface area contributed by atoms with E-state index >= 15 is 0 Å². The van der Waals surface area contributed by atoms with Crippen molar-refractivity contribution >= 4 is 33.4 Å². The molecular weight excluding hydrogens is 344 g/mol. The Morgan fingerprint density at radius 3 is 2.78 bits per heavy atom. The van der Waals surface area contributed by atoms with Crippen LogP contribution >= 0.6 is 11.6 Å². The van der Waals surface area contributed by atoms with E-state index in [1.165, 1.54) is 24.1 Å². The average molecular weight is 361 g/mol. The molecule has 7 nitrogen and oxygen atoms in total. The third kappa shape index (κ3) is 3.94. The van der Waals surface area contributed by atoms with Crippen molar-refractivity contribution in [3.8, 4) is 0 Å². The maximum absolute atomic E-state index is 12.2. The molecule has 23 heavy (non-hydrogen) atoms. The van der Waals surface area contributed by atoms with Crippen LogP contribution in [0.4, 0.5) is 4.79 Å². The summed E-state index contributed by atoms with van der Waals surface area (Å²) in [5.41, 5.74) is 0.501. The molecule has 1 unspecified atom stereocenters. The van der Waals surface area contributed by atoms with Gasteiger partial charge in [0.05, 0.1) is 16.7 Å². The van der Waals surface area contributed by atoms with Gasteiger partial charge in [-0.25, -0.2) is 13.2 Å². The molecule has 0 bridgehead atoms. The summed E-state index contributed by atoms with van der Waals surface area (Å²) in [5.74, 6) is -1.13. The van der Waals surface area contributed by atoms with Crippen molar-refractivity contribution < 1.29 is 23.1 Å². The SMILES string of the molecule is CN(C(=O)NCCCC(=O)O)C1CS(=O)(=O)c2ccc(Cl)cc21. The number of hydrogen-bond acceptors (Lipinski definition) is 4. The molecule has 0 saturated carbocycles. The monoisotopic (exact) mass is 360 g/mol. The number of benzene rings is 1. The highest BCUT2D eigenvalue weighted by Crippen LogP contribution is 2.37. The molecule has 1 heterocycles. The lowest BCUT2D eigenvalue weighted by Gasteiger charge is -2.24. The van der Waals surface area contributed by atoms with E-state index in [0.29, 0.717) is 17.0 Å². The molecule has 2 amide bonds. The molecule has 1 aliphatic rings. The fourth-order valence-corrected chi connectivity index (χ4v) is 4.48. The van der Waals surface area contributed by atoms with Crippen molar-refractivity contribution in [2.24, 2.45) is 0 Å². The van der Waals surface area contributed by atoms with Crippen LogP contribution in [0.25, 0.3) is 0 Å². The largest absolute Gasteiger partial charge is 0.481 e. The molecule has 1 aromatic rings. The summed E-state index contributed by atoms with van der Waals surface area (Å²) in [6.07, 6.45) is 0.264. The molecule has 9 heteroatoms. The van der Waals surface area contributed by atoms with Crippen molar-refractivity contribution in [3.05, 3.63) is 28.8 Å². The van der Waals surface area contributed by atoms with Gasteiger partial charge in [0.25, 0.3) is 0 Å². The third-order valence-electron chi connectivity index (χ3n) is 3.67. The van der Waals surface area contributed by atoms with Crippen molar-refractivity contribution in [2.75, 3.05) is 19.3 Å². The van der Waals surface area contributed by atoms with Gasteiger partial charge in [0.15, 0.2) is 9.84 Å².